The van der Waals surface area contributed by atoms with Crippen LogP contribution in [-0.4, -0.2) is 4.55 Å². The second kappa shape index (κ2) is 6.30. The van der Waals surface area contributed by atoms with Gasteiger partial charge in [0.2, 0.25) is 0 Å². The Labute approximate surface area is 100 Å². The molecule has 0 bridgehead atoms. The van der Waals surface area contributed by atoms with Gasteiger partial charge >= 0.3 is 0 Å². The molecular formula is C13H13FOS. The zero-order chi connectivity index (χ0) is 12.0. The van der Waals surface area contributed by atoms with Crippen molar-refractivity contribution in [1.82, 2.24) is 0 Å². The van der Waals surface area contributed by atoms with E-state index in [9.17, 15) is 4.39 Å². The molecule has 0 saturated carbocycles. The second-order valence-electron chi connectivity index (χ2n) is 3.33. The molecule has 0 aliphatic carbocycles. The molecule has 0 saturated heterocycles. The summed E-state index contributed by atoms with van der Waals surface area (Å²) in [5.41, 5.74) is 3.12. The lowest BCUT2D eigenvalue weighted by atomic mass is 10.0. The van der Waals surface area contributed by atoms with Gasteiger partial charge in [0.05, 0.1) is 0 Å². The molecule has 0 aliphatic heterocycles. The van der Waals surface area contributed by atoms with Crippen LogP contribution in [0.5, 0.6) is 0 Å². The smallest absolute Gasteiger partial charge is 0.123 e. The van der Waals surface area contributed by atoms with Crippen LogP contribution in [0.1, 0.15) is 5.56 Å². The fraction of sp³-hybridized carbons (Fsp3) is 0.0769. The largest absolute Gasteiger partial charge is 0.333 e. The van der Waals surface area contributed by atoms with Gasteiger partial charge in [-0.05, 0) is 48.7 Å². The van der Waals surface area contributed by atoms with Crippen molar-refractivity contribution in [2.75, 3.05) is 0 Å². The van der Waals surface area contributed by atoms with Crippen molar-refractivity contribution in [3.63, 3.8) is 0 Å². The summed E-state index contributed by atoms with van der Waals surface area (Å²) in [7, 11) is 0. The van der Waals surface area contributed by atoms with E-state index in [-0.39, 0.29) is 5.82 Å². The number of benzene rings is 2. The SMILES string of the molecule is Cc1ccc(F)cc1-c1ccccc1.OS. The molecule has 2 rings (SSSR count). The van der Waals surface area contributed by atoms with Crippen LogP contribution in [0.15, 0.2) is 48.5 Å². The highest BCUT2D eigenvalue weighted by Crippen LogP contribution is 2.23. The molecule has 0 unspecified atom stereocenters. The van der Waals surface area contributed by atoms with Gasteiger partial charge in [-0.15, -0.1) is 0 Å². The number of halogens is 1. The van der Waals surface area contributed by atoms with Crippen LogP contribution >= 0.6 is 12.9 Å². The number of aryl methyl sites for hydroxylation is 1. The van der Waals surface area contributed by atoms with Crippen LogP contribution in [0.25, 0.3) is 11.1 Å². The lowest BCUT2D eigenvalue weighted by Crippen LogP contribution is -1.84. The Bertz CT molecular complexity index is 443. The van der Waals surface area contributed by atoms with E-state index in [0.29, 0.717) is 0 Å². The average molecular weight is 236 g/mol. The minimum absolute atomic E-state index is 0.186. The van der Waals surface area contributed by atoms with E-state index in [0.717, 1.165) is 16.7 Å². The number of rotatable bonds is 1. The van der Waals surface area contributed by atoms with Gasteiger partial charge in [-0.2, -0.15) is 0 Å². The summed E-state index contributed by atoms with van der Waals surface area (Å²) in [6.45, 7) is 1.99. The summed E-state index contributed by atoms with van der Waals surface area (Å²) in [6, 6.07) is 14.7. The van der Waals surface area contributed by atoms with Crippen LogP contribution < -0.4 is 0 Å². The lowest BCUT2D eigenvalue weighted by Gasteiger charge is -2.05. The predicted octanol–water partition coefficient (Wildman–Crippen LogP) is 4.19. The molecule has 2 aromatic carbocycles. The van der Waals surface area contributed by atoms with Crippen molar-refractivity contribution in [3.8, 4) is 11.1 Å². The lowest BCUT2D eigenvalue weighted by molar-refractivity contribution is 0.628. The van der Waals surface area contributed by atoms with E-state index in [2.05, 4.69) is 12.9 Å². The van der Waals surface area contributed by atoms with E-state index < -0.39 is 0 Å². The molecule has 0 radical (unpaired) electrons. The van der Waals surface area contributed by atoms with Crippen molar-refractivity contribution in [3.05, 3.63) is 59.9 Å². The molecule has 16 heavy (non-hydrogen) atoms. The van der Waals surface area contributed by atoms with Crippen LogP contribution in [0.3, 0.4) is 0 Å². The van der Waals surface area contributed by atoms with E-state index in [4.69, 9.17) is 4.55 Å². The van der Waals surface area contributed by atoms with Crippen LogP contribution in [-0.2, 0) is 0 Å². The highest BCUT2D eigenvalue weighted by molar-refractivity contribution is 7.74. The van der Waals surface area contributed by atoms with E-state index in [1.807, 2.05) is 37.3 Å². The maximum Gasteiger partial charge on any atom is 0.123 e. The van der Waals surface area contributed by atoms with Gasteiger partial charge in [-0.1, -0.05) is 36.4 Å². The van der Waals surface area contributed by atoms with Crippen LogP contribution in [0.2, 0.25) is 0 Å². The fourth-order valence-electron chi connectivity index (χ4n) is 1.52. The van der Waals surface area contributed by atoms with Crippen LogP contribution in [0.4, 0.5) is 4.39 Å². The summed E-state index contributed by atoms with van der Waals surface area (Å²) in [6.07, 6.45) is 0. The number of hydrogen-bond acceptors (Lipinski definition) is 2. The fourth-order valence-corrected chi connectivity index (χ4v) is 1.52. The Morgan fingerprint density at radius 3 is 2.25 bits per heavy atom. The van der Waals surface area contributed by atoms with Crippen molar-refractivity contribution < 1.29 is 8.94 Å². The normalized spacial score (nSPS) is 9.25. The van der Waals surface area contributed by atoms with Gasteiger partial charge in [-0.25, -0.2) is 4.39 Å². The Kier molecular flexibility index (Phi) is 5.02. The molecule has 2 aromatic rings. The van der Waals surface area contributed by atoms with E-state index in [1.165, 1.54) is 6.07 Å². The Morgan fingerprint density at radius 1 is 1.00 bits per heavy atom. The first-order valence-electron chi connectivity index (χ1n) is 4.79. The van der Waals surface area contributed by atoms with Gasteiger partial charge < -0.3 is 4.55 Å². The zero-order valence-corrected chi connectivity index (χ0v) is 9.79. The van der Waals surface area contributed by atoms with Gasteiger partial charge in [0.1, 0.15) is 5.82 Å². The van der Waals surface area contributed by atoms with Crippen molar-refractivity contribution in [2.24, 2.45) is 0 Å². The van der Waals surface area contributed by atoms with Gasteiger partial charge in [0.15, 0.2) is 0 Å². The summed E-state index contributed by atoms with van der Waals surface area (Å²) in [5, 5.41) is 0. The maximum atomic E-state index is 13.0. The second-order valence-corrected chi connectivity index (χ2v) is 3.33. The molecule has 0 fully saturated rings. The molecule has 0 spiro atoms. The molecule has 1 N–H and O–H groups in total. The average Bonchev–Trinajstić information content (AvgIpc) is 2.36. The van der Waals surface area contributed by atoms with Gasteiger partial charge in [0, 0.05) is 0 Å². The molecular weight excluding hydrogens is 223 g/mol. The third-order valence-electron chi connectivity index (χ3n) is 2.28. The molecule has 0 heterocycles. The van der Waals surface area contributed by atoms with Gasteiger partial charge in [0.25, 0.3) is 0 Å². The minimum atomic E-state index is -0.186. The first kappa shape index (κ1) is 12.7. The summed E-state index contributed by atoms with van der Waals surface area (Å²) < 4.78 is 19.7. The molecule has 0 aromatic heterocycles. The highest BCUT2D eigenvalue weighted by atomic mass is 32.1. The highest BCUT2D eigenvalue weighted by Gasteiger charge is 2.01. The van der Waals surface area contributed by atoms with Crippen molar-refractivity contribution in [1.29, 1.82) is 0 Å². The van der Waals surface area contributed by atoms with Gasteiger partial charge in [-0.3, -0.25) is 0 Å². The van der Waals surface area contributed by atoms with Crippen molar-refractivity contribution in [2.45, 2.75) is 6.92 Å². The third-order valence-corrected chi connectivity index (χ3v) is 2.28. The van der Waals surface area contributed by atoms with Crippen molar-refractivity contribution >= 4 is 12.9 Å². The third kappa shape index (κ3) is 3.08. The Morgan fingerprint density at radius 2 is 1.62 bits per heavy atom. The maximum absolute atomic E-state index is 13.0. The molecule has 0 atom stereocenters. The Balaban J connectivity index is 0.000000606. The zero-order valence-electron chi connectivity index (χ0n) is 8.89. The Hall–Kier alpha value is -1.32. The minimum Gasteiger partial charge on any atom is -0.333 e. The topological polar surface area (TPSA) is 20.2 Å². The monoisotopic (exact) mass is 236 g/mol. The summed E-state index contributed by atoms with van der Waals surface area (Å²) in [4.78, 5) is 0. The molecule has 0 aliphatic rings. The molecule has 1 nitrogen and oxygen atoms in total. The summed E-state index contributed by atoms with van der Waals surface area (Å²) in [5.74, 6) is -0.186. The van der Waals surface area contributed by atoms with E-state index in [1.54, 1.807) is 12.1 Å². The first-order chi connectivity index (χ1) is 7.77. The van der Waals surface area contributed by atoms with Crippen LogP contribution in [0, 0.1) is 12.7 Å². The first-order valence-corrected chi connectivity index (χ1v) is 5.19. The molecule has 3 heteroatoms. The molecule has 0 amide bonds. The quantitative estimate of drug-likeness (QED) is 0.562. The van der Waals surface area contributed by atoms with E-state index >= 15 is 0 Å². The predicted molar refractivity (Wildman–Crippen MR) is 68.2 cm³/mol. The standard InChI is InChI=1S/C13H11F.H2OS/c1-10-7-8-12(14)9-13(10)11-5-3-2-4-6-11;1-2/h2-9H,1H3;1-2H. The molecule has 84 valence electrons. The summed E-state index contributed by atoms with van der Waals surface area (Å²) >= 11 is 2.53. The number of thiol groups is 1. The number of hydrogen-bond donors (Lipinski definition) is 2.